The molecule has 0 atom stereocenters. The fourth-order valence-corrected chi connectivity index (χ4v) is 2.59. The van der Waals surface area contributed by atoms with Gasteiger partial charge >= 0.3 is 0 Å². The standard InChI is InChI=1S/C15H19N3OS/c1-16-8-6-12-4-2-3-5-13(12)15(19)18-9-7-14-17-10-11-20-14/h2-5,10-11,16H,6-9H2,1H3,(H,18,19). The number of carbonyl (C=O) groups is 1. The van der Waals surface area contributed by atoms with Crippen molar-refractivity contribution in [2.75, 3.05) is 20.1 Å². The second-order valence-electron chi connectivity index (χ2n) is 4.44. The van der Waals surface area contributed by atoms with E-state index < -0.39 is 0 Å². The van der Waals surface area contributed by atoms with Crippen LogP contribution in [0.4, 0.5) is 0 Å². The minimum Gasteiger partial charge on any atom is -0.352 e. The van der Waals surface area contributed by atoms with E-state index in [9.17, 15) is 4.79 Å². The van der Waals surface area contributed by atoms with Gasteiger partial charge in [0.15, 0.2) is 0 Å². The van der Waals surface area contributed by atoms with Crippen molar-refractivity contribution < 1.29 is 4.79 Å². The van der Waals surface area contributed by atoms with Crippen molar-refractivity contribution in [1.29, 1.82) is 0 Å². The topological polar surface area (TPSA) is 54.0 Å². The number of nitrogens with one attached hydrogen (secondary N) is 2. The fourth-order valence-electron chi connectivity index (χ4n) is 1.97. The first-order valence-electron chi connectivity index (χ1n) is 6.70. The summed E-state index contributed by atoms with van der Waals surface area (Å²) in [6.07, 6.45) is 3.42. The van der Waals surface area contributed by atoms with E-state index in [1.165, 1.54) is 0 Å². The van der Waals surface area contributed by atoms with Gasteiger partial charge in [0.05, 0.1) is 5.01 Å². The van der Waals surface area contributed by atoms with Crippen LogP contribution in [0.15, 0.2) is 35.8 Å². The average Bonchev–Trinajstić information content (AvgIpc) is 2.98. The molecule has 106 valence electrons. The molecule has 0 saturated carbocycles. The second kappa shape index (κ2) is 7.77. The molecule has 1 heterocycles. The number of hydrogen-bond acceptors (Lipinski definition) is 4. The van der Waals surface area contributed by atoms with Crippen LogP contribution < -0.4 is 10.6 Å². The third-order valence-electron chi connectivity index (χ3n) is 3.01. The third kappa shape index (κ3) is 4.15. The van der Waals surface area contributed by atoms with Crippen molar-refractivity contribution in [3.05, 3.63) is 52.0 Å². The molecule has 0 aliphatic heterocycles. The quantitative estimate of drug-likeness (QED) is 0.818. The number of hydrogen-bond donors (Lipinski definition) is 2. The van der Waals surface area contributed by atoms with E-state index in [1.54, 1.807) is 17.5 Å². The summed E-state index contributed by atoms with van der Waals surface area (Å²) in [6.45, 7) is 1.48. The highest BCUT2D eigenvalue weighted by molar-refractivity contribution is 7.09. The van der Waals surface area contributed by atoms with Gasteiger partial charge in [0, 0.05) is 30.1 Å². The molecule has 4 nitrogen and oxygen atoms in total. The number of nitrogens with zero attached hydrogens (tertiary/aromatic N) is 1. The van der Waals surface area contributed by atoms with Crippen molar-refractivity contribution in [2.45, 2.75) is 12.8 Å². The van der Waals surface area contributed by atoms with Crippen LogP contribution in [-0.2, 0) is 12.8 Å². The number of benzene rings is 1. The zero-order chi connectivity index (χ0) is 14.2. The van der Waals surface area contributed by atoms with Gasteiger partial charge in [-0.1, -0.05) is 18.2 Å². The van der Waals surface area contributed by atoms with E-state index in [0.29, 0.717) is 6.54 Å². The lowest BCUT2D eigenvalue weighted by atomic mass is 10.0. The van der Waals surface area contributed by atoms with Crippen molar-refractivity contribution in [3.63, 3.8) is 0 Å². The van der Waals surface area contributed by atoms with E-state index in [2.05, 4.69) is 15.6 Å². The van der Waals surface area contributed by atoms with E-state index in [4.69, 9.17) is 0 Å². The molecule has 1 amide bonds. The molecule has 2 N–H and O–H groups in total. The highest BCUT2D eigenvalue weighted by atomic mass is 32.1. The van der Waals surface area contributed by atoms with Gasteiger partial charge in [-0.2, -0.15) is 0 Å². The summed E-state index contributed by atoms with van der Waals surface area (Å²) in [5.74, 6) is -0.00624. The number of carbonyl (C=O) groups excluding carboxylic acids is 1. The smallest absolute Gasteiger partial charge is 0.251 e. The predicted octanol–water partition coefficient (Wildman–Crippen LogP) is 1.88. The molecule has 0 saturated heterocycles. The first-order chi connectivity index (χ1) is 9.81. The fraction of sp³-hybridized carbons (Fsp3) is 0.333. The zero-order valence-corrected chi connectivity index (χ0v) is 12.4. The SMILES string of the molecule is CNCCc1ccccc1C(=O)NCCc1nccs1. The highest BCUT2D eigenvalue weighted by Gasteiger charge is 2.10. The summed E-state index contributed by atoms with van der Waals surface area (Å²) in [6, 6.07) is 7.76. The van der Waals surface area contributed by atoms with Crippen LogP contribution >= 0.6 is 11.3 Å². The molecule has 2 rings (SSSR count). The van der Waals surface area contributed by atoms with Crippen LogP contribution in [0.3, 0.4) is 0 Å². The Bertz CT molecular complexity index is 540. The van der Waals surface area contributed by atoms with Gasteiger partial charge in [0.2, 0.25) is 0 Å². The molecule has 0 radical (unpaired) electrons. The third-order valence-corrected chi connectivity index (χ3v) is 3.85. The van der Waals surface area contributed by atoms with Crippen LogP contribution in [0.5, 0.6) is 0 Å². The first kappa shape index (κ1) is 14.7. The molecule has 20 heavy (non-hydrogen) atoms. The summed E-state index contributed by atoms with van der Waals surface area (Å²) in [7, 11) is 1.91. The largest absolute Gasteiger partial charge is 0.352 e. The van der Waals surface area contributed by atoms with Crippen molar-refractivity contribution in [3.8, 4) is 0 Å². The van der Waals surface area contributed by atoms with Gasteiger partial charge < -0.3 is 10.6 Å². The van der Waals surface area contributed by atoms with Crippen molar-refractivity contribution in [1.82, 2.24) is 15.6 Å². The van der Waals surface area contributed by atoms with Gasteiger partial charge in [0.1, 0.15) is 0 Å². The minimum atomic E-state index is -0.00624. The van der Waals surface area contributed by atoms with Crippen LogP contribution in [0.2, 0.25) is 0 Å². The number of rotatable bonds is 7. The maximum atomic E-state index is 12.2. The van der Waals surface area contributed by atoms with Gasteiger partial charge in [-0.15, -0.1) is 11.3 Å². The highest BCUT2D eigenvalue weighted by Crippen LogP contribution is 2.09. The first-order valence-corrected chi connectivity index (χ1v) is 7.58. The molecule has 0 spiro atoms. The molecule has 1 aromatic carbocycles. The number of amides is 1. The van der Waals surface area contributed by atoms with Gasteiger partial charge in [0.25, 0.3) is 5.91 Å². The van der Waals surface area contributed by atoms with Gasteiger partial charge in [-0.25, -0.2) is 4.98 Å². The number of aromatic nitrogens is 1. The summed E-state index contributed by atoms with van der Waals surface area (Å²) < 4.78 is 0. The van der Waals surface area contributed by atoms with Gasteiger partial charge in [-0.3, -0.25) is 4.79 Å². The average molecular weight is 289 g/mol. The summed E-state index contributed by atoms with van der Waals surface area (Å²) in [5, 5.41) is 9.07. The van der Waals surface area contributed by atoms with Crippen LogP contribution in [0.1, 0.15) is 20.9 Å². The molecule has 0 bridgehead atoms. The van der Waals surface area contributed by atoms with E-state index in [-0.39, 0.29) is 5.91 Å². The molecule has 0 aliphatic rings. The summed E-state index contributed by atoms with van der Waals surface area (Å²) in [4.78, 5) is 16.4. The minimum absolute atomic E-state index is 0.00624. The molecule has 5 heteroatoms. The zero-order valence-electron chi connectivity index (χ0n) is 11.6. The Labute approximate surface area is 123 Å². The van der Waals surface area contributed by atoms with Crippen LogP contribution in [0.25, 0.3) is 0 Å². The Kier molecular flexibility index (Phi) is 5.70. The van der Waals surface area contributed by atoms with Gasteiger partial charge in [-0.05, 0) is 31.6 Å². The molecule has 0 unspecified atom stereocenters. The maximum absolute atomic E-state index is 12.2. The predicted molar refractivity (Wildman–Crippen MR) is 82.2 cm³/mol. The molecule has 2 aromatic rings. The van der Waals surface area contributed by atoms with Crippen LogP contribution in [0, 0.1) is 0 Å². The molecule has 0 fully saturated rings. The number of likely N-dealkylation sites (N-methyl/N-ethyl adjacent to an activating group) is 1. The Morgan fingerprint density at radius 1 is 1.25 bits per heavy atom. The maximum Gasteiger partial charge on any atom is 0.251 e. The molecular weight excluding hydrogens is 270 g/mol. The lowest BCUT2D eigenvalue weighted by Crippen LogP contribution is -2.27. The summed E-state index contributed by atoms with van der Waals surface area (Å²) in [5.41, 5.74) is 1.84. The second-order valence-corrected chi connectivity index (χ2v) is 5.42. The van der Waals surface area contributed by atoms with E-state index in [1.807, 2.05) is 36.7 Å². The lowest BCUT2D eigenvalue weighted by Gasteiger charge is -2.09. The Morgan fingerprint density at radius 3 is 2.85 bits per heavy atom. The molecule has 1 aromatic heterocycles. The van der Waals surface area contributed by atoms with E-state index in [0.717, 1.165) is 35.5 Å². The van der Waals surface area contributed by atoms with Crippen molar-refractivity contribution in [2.24, 2.45) is 0 Å². The molecular formula is C15H19N3OS. The normalized spacial score (nSPS) is 10.4. The Morgan fingerprint density at radius 2 is 2.10 bits per heavy atom. The van der Waals surface area contributed by atoms with Crippen LogP contribution in [-0.4, -0.2) is 31.0 Å². The summed E-state index contributed by atoms with van der Waals surface area (Å²) >= 11 is 1.61. The van der Waals surface area contributed by atoms with Crippen molar-refractivity contribution >= 4 is 17.2 Å². The number of thiazole rings is 1. The van der Waals surface area contributed by atoms with E-state index >= 15 is 0 Å². The Hall–Kier alpha value is -1.72. The lowest BCUT2D eigenvalue weighted by molar-refractivity contribution is 0.0953. The monoisotopic (exact) mass is 289 g/mol. The molecule has 0 aliphatic carbocycles. The Balaban J connectivity index is 1.91.